The Balaban J connectivity index is 2.04. The third-order valence-corrected chi connectivity index (χ3v) is 4.21. The molecule has 1 amide bonds. The number of carbonyl (C=O) groups is 2. The minimum Gasteiger partial charge on any atom is -0.373 e. The molecule has 1 saturated heterocycles. The van der Waals surface area contributed by atoms with E-state index in [2.05, 4.69) is 33.5 Å². The Hall–Kier alpha value is -1.68. The maximum absolute atomic E-state index is 12.4. The van der Waals surface area contributed by atoms with Crippen LogP contribution in [0.5, 0.6) is 6.01 Å². The molecule has 1 unspecified atom stereocenters. The van der Waals surface area contributed by atoms with Crippen molar-refractivity contribution in [1.82, 2.24) is 30.4 Å². The third-order valence-electron chi connectivity index (χ3n) is 3.68. The van der Waals surface area contributed by atoms with Crippen LogP contribution in [0.1, 0.15) is 32.6 Å². The lowest BCUT2D eigenvalue weighted by atomic mass is 10.1. The zero-order valence-electron chi connectivity index (χ0n) is 13.3. The Morgan fingerprint density at radius 3 is 2.91 bits per heavy atom. The van der Waals surface area contributed by atoms with Gasteiger partial charge < -0.3 is 10.1 Å². The van der Waals surface area contributed by atoms with E-state index in [-0.39, 0.29) is 24.4 Å². The topological polar surface area (TPSA) is 102 Å². The molecule has 0 aliphatic carbocycles. The lowest BCUT2D eigenvalue weighted by molar-refractivity contribution is -0.121. The number of carbonyl (C=O) groups excluding carboxylic acids is 2. The van der Waals surface area contributed by atoms with Gasteiger partial charge in [-0.2, -0.15) is 17.3 Å². The van der Waals surface area contributed by atoms with Crippen LogP contribution in [0.3, 0.4) is 0 Å². The first-order chi connectivity index (χ1) is 11.0. The van der Waals surface area contributed by atoms with Crippen LogP contribution >= 0.6 is 12.6 Å². The first-order valence-corrected chi connectivity index (χ1v) is 8.19. The minimum absolute atomic E-state index is 0.0246. The van der Waals surface area contributed by atoms with Crippen molar-refractivity contribution in [1.29, 1.82) is 0 Å². The number of nitrogens with one attached hydrogen (secondary N) is 1. The summed E-state index contributed by atoms with van der Waals surface area (Å²) < 4.78 is 6.41. The summed E-state index contributed by atoms with van der Waals surface area (Å²) in [6.45, 7) is 2.76. The Morgan fingerprint density at radius 2 is 2.35 bits per heavy atom. The fourth-order valence-corrected chi connectivity index (χ4v) is 2.82. The largest absolute Gasteiger partial charge is 0.419 e. The minimum atomic E-state index is -0.678. The fourth-order valence-electron chi connectivity index (χ4n) is 2.39. The first-order valence-electron chi connectivity index (χ1n) is 7.68. The second kappa shape index (κ2) is 8.25. The van der Waals surface area contributed by atoms with Gasteiger partial charge in [0.1, 0.15) is 0 Å². The molecule has 1 fully saturated rings. The number of thiol groups is 1. The third kappa shape index (κ3) is 4.64. The zero-order valence-corrected chi connectivity index (χ0v) is 14.2. The van der Waals surface area contributed by atoms with E-state index in [0.717, 1.165) is 25.8 Å². The molecule has 1 N–H and O–H groups in total. The van der Waals surface area contributed by atoms with Gasteiger partial charge in [-0.05, 0) is 36.2 Å². The molecule has 2 heterocycles. The van der Waals surface area contributed by atoms with Crippen molar-refractivity contribution in [2.45, 2.75) is 44.0 Å². The van der Waals surface area contributed by atoms with Crippen LogP contribution in [-0.2, 0) is 11.8 Å². The van der Waals surface area contributed by atoms with Crippen LogP contribution in [0.4, 0.5) is 4.79 Å². The maximum atomic E-state index is 12.4. The van der Waals surface area contributed by atoms with Crippen molar-refractivity contribution in [2.75, 3.05) is 13.1 Å². The molecule has 10 heteroatoms. The average molecular weight is 342 g/mol. The average Bonchev–Trinajstić information content (AvgIpc) is 3.17. The molecule has 9 nitrogen and oxygen atoms in total. The smallest absolute Gasteiger partial charge is 0.373 e. The van der Waals surface area contributed by atoms with Crippen molar-refractivity contribution in [3.8, 4) is 6.01 Å². The summed E-state index contributed by atoms with van der Waals surface area (Å²) in [6, 6.07) is -0.229. The first kappa shape index (κ1) is 17.7. The zero-order chi connectivity index (χ0) is 16.8. The van der Waals surface area contributed by atoms with E-state index in [1.165, 1.54) is 9.58 Å². The summed E-state index contributed by atoms with van der Waals surface area (Å²) >= 11 is 4.43. The van der Waals surface area contributed by atoms with E-state index in [0.29, 0.717) is 6.42 Å². The number of Topliss-reactive ketones (excluding diaryl/α,β-unsaturated/α-hetero) is 1. The molecule has 2 atom stereocenters. The maximum Gasteiger partial charge on any atom is 0.419 e. The summed E-state index contributed by atoms with van der Waals surface area (Å²) in [7, 11) is 1.56. The van der Waals surface area contributed by atoms with Crippen molar-refractivity contribution >= 4 is 24.5 Å². The van der Waals surface area contributed by atoms with E-state index in [1.807, 2.05) is 6.92 Å². The summed E-state index contributed by atoms with van der Waals surface area (Å²) in [5, 5.41) is 13.4. The second-order valence-corrected chi connectivity index (χ2v) is 6.06. The predicted molar refractivity (Wildman–Crippen MR) is 85.2 cm³/mol. The molecule has 2 rings (SSSR count). The van der Waals surface area contributed by atoms with E-state index in [4.69, 9.17) is 4.74 Å². The van der Waals surface area contributed by atoms with Crippen LogP contribution in [-0.4, -0.2) is 61.5 Å². The summed E-state index contributed by atoms with van der Waals surface area (Å²) in [5.41, 5.74) is 0. The number of hydrogen-bond acceptors (Lipinski definition) is 8. The van der Waals surface area contributed by atoms with Gasteiger partial charge in [0, 0.05) is 7.05 Å². The Morgan fingerprint density at radius 1 is 1.57 bits per heavy atom. The lowest BCUT2D eigenvalue weighted by Gasteiger charge is -2.27. The van der Waals surface area contributed by atoms with Gasteiger partial charge in [0.25, 0.3) is 0 Å². The van der Waals surface area contributed by atoms with E-state index >= 15 is 0 Å². The lowest BCUT2D eigenvalue weighted by Crippen LogP contribution is -2.46. The van der Waals surface area contributed by atoms with Crippen molar-refractivity contribution in [3.63, 3.8) is 0 Å². The van der Waals surface area contributed by atoms with E-state index in [9.17, 15) is 9.59 Å². The summed E-state index contributed by atoms with van der Waals surface area (Å²) in [5.74, 6) is -0.0364. The highest BCUT2D eigenvalue weighted by molar-refractivity contribution is 7.80. The van der Waals surface area contributed by atoms with Crippen molar-refractivity contribution < 1.29 is 14.3 Å². The van der Waals surface area contributed by atoms with Gasteiger partial charge in [0.05, 0.1) is 18.0 Å². The van der Waals surface area contributed by atoms with Crippen LogP contribution in [0.25, 0.3) is 0 Å². The molecule has 1 aliphatic rings. The summed E-state index contributed by atoms with van der Waals surface area (Å²) in [4.78, 5) is 26.1. The van der Waals surface area contributed by atoms with Crippen LogP contribution < -0.4 is 10.1 Å². The molecular weight excluding hydrogens is 320 g/mol. The molecule has 1 aromatic heterocycles. The van der Waals surface area contributed by atoms with E-state index in [1.54, 1.807) is 7.05 Å². The van der Waals surface area contributed by atoms with Gasteiger partial charge >= 0.3 is 12.1 Å². The van der Waals surface area contributed by atoms with Gasteiger partial charge in [-0.25, -0.2) is 4.79 Å². The van der Waals surface area contributed by atoms with Crippen molar-refractivity contribution in [2.24, 2.45) is 7.05 Å². The molecule has 23 heavy (non-hydrogen) atoms. The quantitative estimate of drug-likeness (QED) is 0.546. The second-order valence-electron chi connectivity index (χ2n) is 5.47. The number of amides is 1. The number of aryl methyl sites for hydroxylation is 1. The highest BCUT2D eigenvalue weighted by atomic mass is 32.1. The Labute approximate surface area is 140 Å². The van der Waals surface area contributed by atoms with Crippen molar-refractivity contribution in [3.05, 3.63) is 0 Å². The molecule has 0 aromatic carbocycles. The Kier molecular flexibility index (Phi) is 6.34. The molecular formula is C13H22N6O3S. The number of aromatic nitrogens is 4. The standard InChI is InChI=1S/C13H22N6O3S/c1-3-5-11(23)19(8-10(20)9-6-4-7-14-9)13(21)22-12-15-16-17-18(12)2/h9,11,14,23H,3-8H2,1-2H3/t9-,11?/m1/s1. The molecule has 0 bridgehead atoms. The summed E-state index contributed by atoms with van der Waals surface area (Å²) in [6.07, 6.45) is 2.56. The molecule has 0 saturated carbocycles. The van der Waals surface area contributed by atoms with Gasteiger partial charge in [-0.1, -0.05) is 18.4 Å². The molecule has 0 spiro atoms. The highest BCUT2D eigenvalue weighted by Gasteiger charge is 2.30. The van der Waals surface area contributed by atoms with Crippen LogP contribution in [0, 0.1) is 0 Å². The Bertz CT molecular complexity index is 546. The van der Waals surface area contributed by atoms with Crippen LogP contribution in [0.15, 0.2) is 0 Å². The fraction of sp³-hybridized carbons (Fsp3) is 0.769. The highest BCUT2D eigenvalue weighted by Crippen LogP contribution is 2.16. The van der Waals surface area contributed by atoms with Gasteiger partial charge in [-0.15, -0.1) is 0 Å². The van der Waals surface area contributed by atoms with Gasteiger partial charge in [0.2, 0.25) is 0 Å². The number of tetrazole rings is 1. The molecule has 1 aliphatic heterocycles. The number of rotatable bonds is 7. The van der Waals surface area contributed by atoms with Crippen LogP contribution in [0.2, 0.25) is 0 Å². The van der Waals surface area contributed by atoms with E-state index < -0.39 is 11.5 Å². The molecule has 1 aromatic rings. The number of ether oxygens (including phenoxy) is 1. The van der Waals surface area contributed by atoms with Gasteiger partial charge in [-0.3, -0.25) is 9.69 Å². The SMILES string of the molecule is CCCC(S)N(CC(=O)[C@H]1CCCN1)C(=O)Oc1nnnn1C. The number of ketones is 1. The normalized spacial score (nSPS) is 18.7. The molecule has 0 radical (unpaired) electrons. The predicted octanol–water partition coefficient (Wildman–Crippen LogP) is 0.388. The van der Waals surface area contributed by atoms with Gasteiger partial charge in [0.15, 0.2) is 5.78 Å². The monoisotopic (exact) mass is 342 g/mol. The molecule has 128 valence electrons. The number of nitrogens with zero attached hydrogens (tertiary/aromatic N) is 5. The number of hydrogen-bond donors (Lipinski definition) is 2.